The van der Waals surface area contributed by atoms with Crippen molar-refractivity contribution < 1.29 is 9.90 Å². The quantitative estimate of drug-likeness (QED) is 0.602. The number of allylic oxidation sites excluding steroid dienone is 3. The molecule has 24 heavy (non-hydrogen) atoms. The molecule has 0 aromatic heterocycles. The Kier molecular flexibility index (Phi) is 6.21. The Morgan fingerprint density at radius 3 is 2.50 bits per heavy atom. The van der Waals surface area contributed by atoms with Gasteiger partial charge in [0.25, 0.3) is 5.91 Å². The van der Waals surface area contributed by atoms with E-state index in [2.05, 4.69) is 43.8 Å². The molecule has 4 N–H and O–H groups in total. The number of amides is 1. The molecule has 1 amide bonds. The Morgan fingerprint density at radius 2 is 1.96 bits per heavy atom. The molecular weight excluding hydrogens is 436 g/mol. The minimum Gasteiger partial charge on any atom is -0.506 e. The van der Waals surface area contributed by atoms with E-state index in [9.17, 15) is 9.90 Å². The zero-order valence-electron chi connectivity index (χ0n) is 13.1. The van der Waals surface area contributed by atoms with Crippen LogP contribution in [-0.2, 0) is 4.79 Å². The minimum atomic E-state index is -0.182. The van der Waals surface area contributed by atoms with Gasteiger partial charge >= 0.3 is 0 Å². The van der Waals surface area contributed by atoms with Crippen LogP contribution in [0.15, 0.2) is 62.7 Å². The molecule has 126 valence electrons. The number of aromatic hydroxyl groups is 1. The second kappa shape index (κ2) is 7.96. The van der Waals surface area contributed by atoms with Gasteiger partial charge in [0, 0.05) is 16.8 Å². The van der Waals surface area contributed by atoms with Crippen molar-refractivity contribution in [2.24, 2.45) is 11.7 Å². The van der Waals surface area contributed by atoms with E-state index >= 15 is 0 Å². The van der Waals surface area contributed by atoms with E-state index in [0.29, 0.717) is 26.8 Å². The smallest absolute Gasteiger partial charge is 0.256 e. The normalized spacial score (nSPS) is 20.7. The average Bonchev–Trinajstić information content (AvgIpc) is 2.81. The number of benzene rings is 1. The molecule has 1 unspecified atom stereocenters. The van der Waals surface area contributed by atoms with Gasteiger partial charge in [0.1, 0.15) is 5.75 Å². The maximum Gasteiger partial charge on any atom is 0.256 e. The fourth-order valence-electron chi connectivity index (χ4n) is 2.28. The maximum atomic E-state index is 12.4. The summed E-state index contributed by atoms with van der Waals surface area (Å²) in [5.41, 5.74) is 8.55. The van der Waals surface area contributed by atoms with Gasteiger partial charge in [0.05, 0.1) is 8.95 Å². The van der Waals surface area contributed by atoms with Gasteiger partial charge in [-0.15, -0.1) is 0 Å². The third-order valence-electron chi connectivity index (χ3n) is 3.53. The van der Waals surface area contributed by atoms with E-state index in [-0.39, 0.29) is 17.6 Å². The van der Waals surface area contributed by atoms with Crippen molar-refractivity contribution in [1.29, 1.82) is 0 Å². The molecule has 0 bridgehead atoms. The van der Waals surface area contributed by atoms with Crippen molar-refractivity contribution in [3.05, 3.63) is 68.3 Å². The first-order chi connectivity index (χ1) is 11.4. The van der Waals surface area contributed by atoms with Gasteiger partial charge < -0.3 is 16.2 Å². The summed E-state index contributed by atoms with van der Waals surface area (Å²) in [6.45, 7) is 6.17. The lowest BCUT2D eigenvalue weighted by molar-refractivity contribution is -0.115. The lowest BCUT2D eigenvalue weighted by Gasteiger charge is -2.07. The monoisotopic (exact) mass is 452 g/mol. The lowest BCUT2D eigenvalue weighted by atomic mass is 9.99. The largest absolute Gasteiger partial charge is 0.506 e. The summed E-state index contributed by atoms with van der Waals surface area (Å²) < 4.78 is 1.09. The Morgan fingerprint density at radius 1 is 1.33 bits per heavy atom. The number of phenolic OH excluding ortho intramolecular Hbond substituents is 1. The Bertz CT molecular complexity index is 756. The van der Waals surface area contributed by atoms with E-state index in [0.717, 1.165) is 11.1 Å². The highest BCUT2D eigenvalue weighted by atomic mass is 79.9. The summed E-state index contributed by atoms with van der Waals surface area (Å²) in [6.07, 6.45) is 7.15. The molecule has 1 aromatic carbocycles. The van der Waals surface area contributed by atoms with Crippen LogP contribution in [0.5, 0.6) is 5.75 Å². The lowest BCUT2D eigenvalue weighted by Crippen LogP contribution is -2.13. The SMILES string of the molecule is C=C/C=C1/NC(=O)C(=C\c2cc(Br)c(O)c(Br)c2)/C1=C/C(C)CN. The van der Waals surface area contributed by atoms with Crippen molar-refractivity contribution in [2.75, 3.05) is 6.54 Å². The van der Waals surface area contributed by atoms with Gasteiger partial charge in [-0.3, -0.25) is 4.79 Å². The fraction of sp³-hybridized carbons (Fsp3) is 0.167. The molecule has 6 heteroatoms. The van der Waals surface area contributed by atoms with Crippen LogP contribution in [0.1, 0.15) is 12.5 Å². The standard InChI is InChI=1S/C18H18Br2N2O2/c1-3-4-16-12(5-10(2)9-21)13(18(24)22-16)6-11-7-14(19)17(23)15(20)8-11/h3-8,10,23H,1,9,21H2,2H3,(H,22,24)/b12-5-,13-6-,16-4+. The molecule has 2 rings (SSSR count). The number of hydrogen-bond donors (Lipinski definition) is 3. The topological polar surface area (TPSA) is 75.3 Å². The van der Waals surface area contributed by atoms with Gasteiger partial charge in [0.15, 0.2) is 0 Å². The van der Waals surface area contributed by atoms with Crippen LogP contribution in [-0.4, -0.2) is 17.6 Å². The summed E-state index contributed by atoms with van der Waals surface area (Å²) in [5, 5.41) is 12.7. The predicted molar refractivity (Wildman–Crippen MR) is 104 cm³/mol. The minimum absolute atomic E-state index is 0.118. The third kappa shape index (κ3) is 4.06. The summed E-state index contributed by atoms with van der Waals surface area (Å²) in [5.74, 6) is 0.0641. The molecule has 0 spiro atoms. The van der Waals surface area contributed by atoms with Crippen molar-refractivity contribution >= 4 is 43.8 Å². The zero-order valence-corrected chi connectivity index (χ0v) is 16.3. The summed E-state index contributed by atoms with van der Waals surface area (Å²) in [6, 6.07) is 3.50. The molecule has 1 atom stereocenters. The number of carbonyl (C=O) groups is 1. The second-order valence-electron chi connectivity index (χ2n) is 5.45. The maximum absolute atomic E-state index is 12.4. The third-order valence-corrected chi connectivity index (χ3v) is 4.74. The molecule has 1 aromatic rings. The van der Waals surface area contributed by atoms with Crippen LogP contribution >= 0.6 is 31.9 Å². The number of rotatable bonds is 4. The molecule has 1 aliphatic heterocycles. The van der Waals surface area contributed by atoms with Gasteiger partial charge in [-0.05, 0) is 74.2 Å². The van der Waals surface area contributed by atoms with Crippen LogP contribution < -0.4 is 11.1 Å². The average molecular weight is 454 g/mol. The van der Waals surface area contributed by atoms with Gasteiger partial charge in [-0.1, -0.05) is 25.7 Å². The molecule has 0 radical (unpaired) electrons. The fourth-order valence-corrected chi connectivity index (χ4v) is 3.51. The van der Waals surface area contributed by atoms with Gasteiger partial charge in [-0.2, -0.15) is 0 Å². The molecular formula is C18H18Br2N2O2. The molecule has 1 heterocycles. The molecule has 0 aliphatic carbocycles. The van der Waals surface area contributed by atoms with Crippen molar-refractivity contribution in [2.45, 2.75) is 6.92 Å². The van der Waals surface area contributed by atoms with E-state index in [1.807, 2.05) is 13.0 Å². The second-order valence-corrected chi connectivity index (χ2v) is 7.16. The first-order valence-electron chi connectivity index (χ1n) is 7.33. The van der Waals surface area contributed by atoms with E-state index in [1.165, 1.54) is 0 Å². The first-order valence-corrected chi connectivity index (χ1v) is 8.92. The molecule has 4 nitrogen and oxygen atoms in total. The highest BCUT2D eigenvalue weighted by Gasteiger charge is 2.27. The number of nitrogens with one attached hydrogen (secondary N) is 1. The predicted octanol–water partition coefficient (Wildman–Crippen LogP) is 4.02. The van der Waals surface area contributed by atoms with E-state index < -0.39 is 0 Å². The van der Waals surface area contributed by atoms with Crippen LogP contribution in [0.25, 0.3) is 6.08 Å². The Labute approximate surface area is 158 Å². The van der Waals surface area contributed by atoms with Crippen molar-refractivity contribution in [3.8, 4) is 5.75 Å². The molecule has 1 aliphatic rings. The van der Waals surface area contributed by atoms with Crippen molar-refractivity contribution in [3.63, 3.8) is 0 Å². The summed E-state index contributed by atoms with van der Waals surface area (Å²) >= 11 is 6.60. The van der Waals surface area contributed by atoms with Gasteiger partial charge in [0.2, 0.25) is 0 Å². The molecule has 1 fully saturated rings. The molecule has 1 saturated heterocycles. The Balaban J connectivity index is 2.57. The van der Waals surface area contributed by atoms with Crippen LogP contribution in [0.4, 0.5) is 0 Å². The summed E-state index contributed by atoms with van der Waals surface area (Å²) in [4.78, 5) is 12.4. The van der Waals surface area contributed by atoms with Gasteiger partial charge in [-0.25, -0.2) is 0 Å². The highest BCUT2D eigenvalue weighted by Crippen LogP contribution is 2.35. The number of phenols is 1. The van der Waals surface area contributed by atoms with Crippen LogP contribution in [0.2, 0.25) is 0 Å². The number of carbonyl (C=O) groups excluding carboxylic acids is 1. The van der Waals surface area contributed by atoms with Crippen LogP contribution in [0.3, 0.4) is 0 Å². The van der Waals surface area contributed by atoms with Crippen molar-refractivity contribution in [1.82, 2.24) is 5.32 Å². The number of hydrogen-bond acceptors (Lipinski definition) is 3. The first kappa shape index (κ1) is 18.7. The van der Waals surface area contributed by atoms with E-state index in [1.54, 1.807) is 30.4 Å². The Hall–Kier alpha value is -1.63. The summed E-state index contributed by atoms with van der Waals surface area (Å²) in [7, 11) is 0. The van der Waals surface area contributed by atoms with E-state index in [4.69, 9.17) is 5.73 Å². The number of halogens is 2. The zero-order chi connectivity index (χ0) is 17.9. The highest BCUT2D eigenvalue weighted by molar-refractivity contribution is 9.11. The van der Waals surface area contributed by atoms with Crippen LogP contribution in [0, 0.1) is 5.92 Å². The molecule has 0 saturated carbocycles. The number of nitrogens with two attached hydrogens (primary N) is 1.